The molecule has 7 heteroatoms. The van der Waals surface area contributed by atoms with E-state index in [0.29, 0.717) is 42.3 Å². The Morgan fingerprint density at radius 2 is 2.00 bits per heavy atom. The molecule has 3 rings (SSSR count). The first-order valence-electron chi connectivity index (χ1n) is 9.43. The normalized spacial score (nSPS) is 17.8. The Morgan fingerprint density at radius 3 is 2.74 bits per heavy atom. The number of benzene rings is 1. The molecule has 144 valence electrons. The Labute approximate surface area is 158 Å². The first kappa shape index (κ1) is 19.1. The van der Waals surface area contributed by atoms with Crippen molar-refractivity contribution in [3.8, 4) is 0 Å². The van der Waals surface area contributed by atoms with Crippen molar-refractivity contribution in [2.24, 2.45) is 5.92 Å². The zero-order valence-corrected chi connectivity index (χ0v) is 16.1. The number of aromatic amines is 1. The van der Waals surface area contributed by atoms with Gasteiger partial charge in [0.2, 0.25) is 11.8 Å². The molecule has 0 bridgehead atoms. The molecule has 0 aliphatic carbocycles. The topological polar surface area (TPSA) is 86.4 Å². The Balaban J connectivity index is 1.65. The van der Waals surface area contributed by atoms with Gasteiger partial charge in [-0.2, -0.15) is 0 Å². The number of carbonyl (C=O) groups excluding carboxylic acids is 2. The molecule has 0 spiro atoms. The quantitative estimate of drug-likeness (QED) is 0.866. The first-order valence-corrected chi connectivity index (χ1v) is 9.43. The minimum atomic E-state index is -0.465. The number of carbonyl (C=O) groups is 2. The largest absolute Gasteiger partial charge is 0.339 e. The smallest absolute Gasteiger partial charge is 0.270 e. The van der Waals surface area contributed by atoms with E-state index in [4.69, 9.17) is 0 Å². The van der Waals surface area contributed by atoms with Crippen molar-refractivity contribution < 1.29 is 9.59 Å². The first-order chi connectivity index (χ1) is 12.9. The Kier molecular flexibility index (Phi) is 5.58. The van der Waals surface area contributed by atoms with Gasteiger partial charge in [0.25, 0.3) is 5.56 Å². The summed E-state index contributed by atoms with van der Waals surface area (Å²) in [6.45, 7) is 7.71. The van der Waals surface area contributed by atoms with Crippen LogP contribution in [0.15, 0.2) is 29.1 Å². The van der Waals surface area contributed by atoms with Gasteiger partial charge in [0, 0.05) is 32.5 Å². The van der Waals surface area contributed by atoms with Crippen molar-refractivity contribution >= 4 is 22.8 Å². The molecule has 7 nitrogen and oxygen atoms in total. The van der Waals surface area contributed by atoms with E-state index in [1.807, 2.05) is 23.1 Å². The summed E-state index contributed by atoms with van der Waals surface area (Å²) in [5.74, 6) is 0.272. The summed E-state index contributed by atoms with van der Waals surface area (Å²) in [5, 5.41) is 0. The third-order valence-corrected chi connectivity index (χ3v) is 4.90. The number of piperazine rings is 1. The number of aryl methyl sites for hydroxylation is 1. The van der Waals surface area contributed by atoms with Gasteiger partial charge in [-0.1, -0.05) is 26.0 Å². The average molecular weight is 370 g/mol. The van der Waals surface area contributed by atoms with E-state index in [0.717, 1.165) is 0 Å². The third kappa shape index (κ3) is 4.18. The summed E-state index contributed by atoms with van der Waals surface area (Å²) in [4.78, 5) is 48.0. The Bertz CT molecular complexity index is 905. The van der Waals surface area contributed by atoms with Crippen molar-refractivity contribution in [2.45, 2.75) is 39.7 Å². The van der Waals surface area contributed by atoms with E-state index < -0.39 is 6.04 Å². The number of H-pyrrole nitrogens is 1. The molecule has 1 N–H and O–H groups in total. The lowest BCUT2D eigenvalue weighted by atomic mass is 10.1. The summed E-state index contributed by atoms with van der Waals surface area (Å²) < 4.78 is 0. The van der Waals surface area contributed by atoms with Gasteiger partial charge in [-0.15, -0.1) is 0 Å². The molecule has 27 heavy (non-hydrogen) atoms. The number of amides is 2. The highest BCUT2D eigenvalue weighted by atomic mass is 16.2. The maximum atomic E-state index is 12.6. The monoisotopic (exact) mass is 370 g/mol. The van der Waals surface area contributed by atoms with Crippen LogP contribution in [-0.4, -0.2) is 57.3 Å². The van der Waals surface area contributed by atoms with Gasteiger partial charge >= 0.3 is 0 Å². The van der Waals surface area contributed by atoms with Crippen LogP contribution in [0.25, 0.3) is 11.0 Å². The number of aromatic nitrogens is 2. The lowest BCUT2D eigenvalue weighted by molar-refractivity contribution is -0.151. The van der Waals surface area contributed by atoms with Gasteiger partial charge in [-0.25, -0.2) is 4.98 Å². The maximum Gasteiger partial charge on any atom is 0.270 e. The van der Waals surface area contributed by atoms with Crippen LogP contribution in [0, 0.1) is 5.92 Å². The maximum absolute atomic E-state index is 12.6. The van der Waals surface area contributed by atoms with Crippen molar-refractivity contribution in [1.82, 2.24) is 19.8 Å². The fraction of sp³-hybridized carbons (Fsp3) is 0.500. The molecule has 1 fully saturated rings. The van der Waals surface area contributed by atoms with Crippen LogP contribution < -0.4 is 5.56 Å². The number of rotatable bonds is 5. The highest BCUT2D eigenvalue weighted by Crippen LogP contribution is 2.15. The Morgan fingerprint density at radius 1 is 1.26 bits per heavy atom. The summed E-state index contributed by atoms with van der Waals surface area (Å²) >= 11 is 0. The SMILES string of the molecule is CC(C)CN1CCN(C(=O)CCc2nc3ccccc3[nH]c2=O)[C@@H](C)C1=O. The number of para-hydroxylation sites is 2. The van der Waals surface area contributed by atoms with Crippen molar-refractivity contribution in [1.29, 1.82) is 0 Å². The van der Waals surface area contributed by atoms with Crippen LogP contribution >= 0.6 is 0 Å². The minimum absolute atomic E-state index is 0.00928. The van der Waals surface area contributed by atoms with Gasteiger partial charge in [0.15, 0.2) is 0 Å². The molecule has 1 atom stereocenters. The molecule has 2 heterocycles. The van der Waals surface area contributed by atoms with Crippen molar-refractivity contribution in [2.75, 3.05) is 19.6 Å². The van der Waals surface area contributed by atoms with Crippen LogP contribution in [-0.2, 0) is 16.0 Å². The molecule has 0 unspecified atom stereocenters. The van der Waals surface area contributed by atoms with Gasteiger partial charge in [-0.3, -0.25) is 14.4 Å². The highest BCUT2D eigenvalue weighted by Gasteiger charge is 2.34. The molecule has 2 amide bonds. The number of hydrogen-bond acceptors (Lipinski definition) is 4. The van der Waals surface area contributed by atoms with Crippen LogP contribution in [0.1, 0.15) is 32.9 Å². The summed E-state index contributed by atoms with van der Waals surface area (Å²) in [5.41, 5.74) is 1.45. The highest BCUT2D eigenvalue weighted by molar-refractivity contribution is 5.88. The molecule has 0 radical (unpaired) electrons. The van der Waals surface area contributed by atoms with E-state index in [9.17, 15) is 14.4 Å². The van der Waals surface area contributed by atoms with Crippen LogP contribution in [0.3, 0.4) is 0 Å². The fourth-order valence-electron chi connectivity index (χ4n) is 3.50. The minimum Gasteiger partial charge on any atom is -0.339 e. The van der Waals surface area contributed by atoms with Crippen molar-refractivity contribution in [3.05, 3.63) is 40.3 Å². The van der Waals surface area contributed by atoms with E-state index in [2.05, 4.69) is 23.8 Å². The zero-order chi connectivity index (χ0) is 19.6. The molecule has 1 aromatic carbocycles. The van der Waals surface area contributed by atoms with E-state index in [-0.39, 0.29) is 30.2 Å². The standard InChI is InChI=1S/C20H26N4O3/c1-13(2)12-23-10-11-24(14(3)20(23)27)18(25)9-8-17-19(26)22-16-7-5-4-6-15(16)21-17/h4-7,13-14H,8-12H2,1-3H3,(H,22,26)/t14-/m0/s1. The molecular weight excluding hydrogens is 344 g/mol. The molecular formula is C20H26N4O3. The van der Waals surface area contributed by atoms with Crippen LogP contribution in [0.5, 0.6) is 0 Å². The number of nitrogens with one attached hydrogen (secondary N) is 1. The van der Waals surface area contributed by atoms with Crippen LogP contribution in [0.4, 0.5) is 0 Å². The average Bonchev–Trinajstić information content (AvgIpc) is 2.63. The molecule has 1 aliphatic rings. The summed E-state index contributed by atoms with van der Waals surface area (Å²) in [6.07, 6.45) is 0.419. The molecule has 2 aromatic rings. The van der Waals surface area contributed by atoms with E-state index in [1.54, 1.807) is 17.9 Å². The lowest BCUT2D eigenvalue weighted by Crippen LogP contribution is -2.58. The van der Waals surface area contributed by atoms with Crippen molar-refractivity contribution in [3.63, 3.8) is 0 Å². The predicted molar refractivity (Wildman–Crippen MR) is 103 cm³/mol. The van der Waals surface area contributed by atoms with Gasteiger partial charge in [0.05, 0.1) is 11.0 Å². The molecule has 1 aromatic heterocycles. The number of hydrogen-bond donors (Lipinski definition) is 1. The molecule has 1 saturated heterocycles. The number of nitrogens with zero attached hydrogens (tertiary/aromatic N) is 3. The lowest BCUT2D eigenvalue weighted by Gasteiger charge is -2.39. The third-order valence-electron chi connectivity index (χ3n) is 4.90. The van der Waals surface area contributed by atoms with Gasteiger partial charge in [-0.05, 0) is 25.0 Å². The second kappa shape index (κ2) is 7.90. The van der Waals surface area contributed by atoms with Gasteiger partial charge in [0.1, 0.15) is 11.7 Å². The second-order valence-electron chi connectivity index (χ2n) is 7.47. The predicted octanol–water partition coefficient (Wildman–Crippen LogP) is 1.57. The zero-order valence-electron chi connectivity index (χ0n) is 16.1. The summed E-state index contributed by atoms with van der Waals surface area (Å²) in [7, 11) is 0. The van der Waals surface area contributed by atoms with E-state index >= 15 is 0 Å². The molecule has 1 aliphatic heterocycles. The van der Waals surface area contributed by atoms with E-state index in [1.165, 1.54) is 0 Å². The Hall–Kier alpha value is -2.70. The number of fused-ring (bicyclic) bond motifs is 1. The van der Waals surface area contributed by atoms with Gasteiger partial charge < -0.3 is 14.8 Å². The summed E-state index contributed by atoms with van der Waals surface area (Å²) in [6, 6.07) is 6.84. The fourth-order valence-corrected chi connectivity index (χ4v) is 3.50. The molecule has 0 saturated carbocycles. The van der Waals surface area contributed by atoms with Crippen LogP contribution in [0.2, 0.25) is 0 Å². The second-order valence-corrected chi connectivity index (χ2v) is 7.47.